The molecular weight excluding hydrogens is 636 g/mol. The normalized spacial score (nSPS) is 24.6. The van der Waals surface area contributed by atoms with E-state index in [1.807, 2.05) is 54.6 Å². The number of β-amino-alcohol motifs (C(OH)–C–C–N with tert-alkyl or cyclic N) is 1. The summed E-state index contributed by atoms with van der Waals surface area (Å²) in [5.41, 5.74) is 1.08. The first-order valence-corrected chi connectivity index (χ1v) is 17.7. The zero-order valence-corrected chi connectivity index (χ0v) is 29.3. The Morgan fingerprint density at radius 3 is 2.38 bits per heavy atom. The molecule has 3 saturated heterocycles. The number of aliphatic hydroxyl groups is 1. The van der Waals surface area contributed by atoms with Crippen LogP contribution in [0, 0.1) is 11.8 Å². The second-order valence-electron chi connectivity index (χ2n) is 13.2. The molecule has 0 aliphatic carbocycles. The number of aliphatic hydroxyl groups excluding tert-OH is 1. The predicted octanol–water partition coefficient (Wildman–Crippen LogP) is 4.17. The van der Waals surface area contributed by atoms with Gasteiger partial charge in [0, 0.05) is 44.0 Å². The lowest BCUT2D eigenvalue weighted by Crippen LogP contribution is -2.56. The predicted molar refractivity (Wildman–Crippen MR) is 191 cm³/mol. The monoisotopic (exact) mass is 686 g/mol. The summed E-state index contributed by atoms with van der Waals surface area (Å²) in [6, 6.07) is 15.2. The van der Waals surface area contributed by atoms with Crippen molar-refractivity contribution in [3.63, 3.8) is 0 Å². The van der Waals surface area contributed by atoms with Crippen molar-refractivity contribution in [3.05, 3.63) is 85.5 Å². The number of nitrogens with one attached hydrogen (secondary N) is 1. The zero-order chi connectivity index (χ0) is 36.0. The van der Waals surface area contributed by atoms with Gasteiger partial charge in [-0.1, -0.05) is 42.5 Å². The van der Waals surface area contributed by atoms with E-state index in [1.54, 1.807) is 24.0 Å². The highest BCUT2D eigenvalue weighted by Crippen LogP contribution is 2.59. The van der Waals surface area contributed by atoms with E-state index in [4.69, 9.17) is 9.47 Å². The Morgan fingerprint density at radius 1 is 1.08 bits per heavy atom. The minimum absolute atomic E-state index is 0.0907. The standard InChI is InChI=1S/C39H50N4O7/c1-6-10-16-31(45)40-26(5)34(27-14-12-11-13-15-27)49-38(48)32-30-21-22-39(50-30)33(32)36(46)43(24-25-44)35(39)37(47)42(23-7-2)29-19-17-28(18-20-29)41(8-3)9-4/h6-7,11-15,17-20,26,30,32-35,44H,1-2,8-10,16,21-25H2,3-5H3,(H,40,45)/t26-,30-,32+,33+,34-,35-,39+/m0/s1. The number of ether oxygens (including phenoxy) is 2. The smallest absolute Gasteiger partial charge is 0.313 e. The van der Waals surface area contributed by atoms with E-state index in [-0.39, 0.29) is 37.9 Å². The van der Waals surface area contributed by atoms with Gasteiger partial charge in [-0.3, -0.25) is 19.2 Å². The molecule has 2 N–H and O–H groups in total. The van der Waals surface area contributed by atoms with Gasteiger partial charge in [-0.25, -0.2) is 0 Å². The van der Waals surface area contributed by atoms with E-state index >= 15 is 0 Å². The first-order valence-electron chi connectivity index (χ1n) is 17.7. The maximum atomic E-state index is 14.7. The highest BCUT2D eigenvalue weighted by molar-refractivity contribution is 6.04. The van der Waals surface area contributed by atoms with Crippen LogP contribution in [0.3, 0.4) is 0 Å². The summed E-state index contributed by atoms with van der Waals surface area (Å²) in [7, 11) is 0. The van der Waals surface area contributed by atoms with Gasteiger partial charge in [-0.15, -0.1) is 13.2 Å². The summed E-state index contributed by atoms with van der Waals surface area (Å²) in [5.74, 6) is -3.54. The van der Waals surface area contributed by atoms with E-state index in [9.17, 15) is 24.3 Å². The number of fused-ring (bicyclic) bond motifs is 1. The highest BCUT2D eigenvalue weighted by Gasteiger charge is 2.75. The van der Waals surface area contributed by atoms with Gasteiger partial charge >= 0.3 is 5.97 Å². The molecule has 2 bridgehead atoms. The number of carbonyl (C=O) groups is 4. The van der Waals surface area contributed by atoms with Crippen molar-refractivity contribution < 1.29 is 33.8 Å². The van der Waals surface area contributed by atoms with Gasteiger partial charge in [0.1, 0.15) is 17.7 Å². The van der Waals surface area contributed by atoms with Crippen molar-refractivity contribution >= 4 is 35.1 Å². The molecule has 0 aromatic heterocycles. The van der Waals surface area contributed by atoms with Crippen molar-refractivity contribution in [2.75, 3.05) is 42.6 Å². The fraction of sp³-hybridized carbons (Fsp3) is 0.487. The number of hydrogen-bond acceptors (Lipinski definition) is 8. The number of nitrogens with zero attached hydrogens (tertiary/aromatic N) is 3. The summed E-state index contributed by atoms with van der Waals surface area (Å²) in [5, 5.41) is 13.0. The average Bonchev–Trinajstić information content (AvgIpc) is 3.77. The summed E-state index contributed by atoms with van der Waals surface area (Å²) >= 11 is 0. The highest BCUT2D eigenvalue weighted by atomic mass is 16.6. The Kier molecular flexibility index (Phi) is 11.8. The van der Waals surface area contributed by atoms with Crippen LogP contribution in [-0.2, 0) is 28.7 Å². The maximum Gasteiger partial charge on any atom is 0.313 e. The number of rotatable bonds is 17. The van der Waals surface area contributed by atoms with E-state index < -0.39 is 53.6 Å². The quantitative estimate of drug-likeness (QED) is 0.188. The Morgan fingerprint density at radius 2 is 1.76 bits per heavy atom. The van der Waals surface area contributed by atoms with Crippen molar-refractivity contribution in [3.8, 4) is 0 Å². The van der Waals surface area contributed by atoms with Crippen LogP contribution >= 0.6 is 0 Å². The lowest BCUT2D eigenvalue weighted by atomic mass is 9.70. The Bertz CT molecular complexity index is 1550. The summed E-state index contributed by atoms with van der Waals surface area (Å²) < 4.78 is 12.8. The molecule has 3 fully saturated rings. The molecule has 268 valence electrons. The number of hydrogen-bond donors (Lipinski definition) is 2. The second kappa shape index (κ2) is 16.0. The van der Waals surface area contributed by atoms with Crippen LogP contribution < -0.4 is 15.1 Å². The van der Waals surface area contributed by atoms with Gasteiger partial charge in [0.05, 0.1) is 30.6 Å². The molecule has 0 radical (unpaired) electrons. The van der Waals surface area contributed by atoms with Gasteiger partial charge in [0.2, 0.25) is 11.8 Å². The number of carbonyl (C=O) groups excluding carboxylic acids is 4. The van der Waals surface area contributed by atoms with Gasteiger partial charge in [-0.2, -0.15) is 0 Å². The van der Waals surface area contributed by atoms with Crippen LogP contribution in [0.4, 0.5) is 11.4 Å². The molecule has 11 nitrogen and oxygen atoms in total. The van der Waals surface area contributed by atoms with Crippen molar-refractivity contribution in [2.24, 2.45) is 11.8 Å². The molecule has 3 aliphatic heterocycles. The molecule has 11 heteroatoms. The molecule has 3 aliphatic rings. The number of amides is 3. The molecule has 0 unspecified atom stereocenters. The largest absolute Gasteiger partial charge is 0.455 e. The lowest BCUT2D eigenvalue weighted by molar-refractivity contribution is -0.162. The third-order valence-electron chi connectivity index (χ3n) is 10.3. The van der Waals surface area contributed by atoms with Gasteiger partial charge in [-0.05, 0) is 69.9 Å². The van der Waals surface area contributed by atoms with E-state index in [1.165, 1.54) is 4.90 Å². The Labute approximate surface area is 294 Å². The maximum absolute atomic E-state index is 14.7. The number of allylic oxidation sites excluding steroid dienone is 1. The molecule has 2 aromatic rings. The summed E-state index contributed by atoms with van der Waals surface area (Å²) in [4.78, 5) is 61.0. The van der Waals surface area contributed by atoms with Gasteiger partial charge < -0.3 is 34.6 Å². The topological polar surface area (TPSA) is 129 Å². The fourth-order valence-corrected chi connectivity index (χ4v) is 8.02. The third kappa shape index (κ3) is 6.93. The summed E-state index contributed by atoms with van der Waals surface area (Å²) in [6.45, 7) is 14.9. The molecule has 5 rings (SSSR count). The molecule has 1 spiro atoms. The van der Waals surface area contributed by atoms with Crippen LogP contribution in [0.2, 0.25) is 0 Å². The van der Waals surface area contributed by atoms with Crippen molar-refractivity contribution in [2.45, 2.75) is 76.3 Å². The zero-order valence-electron chi connectivity index (χ0n) is 29.3. The fourth-order valence-electron chi connectivity index (χ4n) is 8.02. The van der Waals surface area contributed by atoms with Crippen LogP contribution in [0.5, 0.6) is 0 Å². The minimum Gasteiger partial charge on any atom is -0.455 e. The van der Waals surface area contributed by atoms with Crippen LogP contribution in [-0.4, -0.2) is 90.3 Å². The molecular formula is C39H50N4O7. The van der Waals surface area contributed by atoms with E-state index in [0.717, 1.165) is 18.8 Å². The Balaban J connectivity index is 1.44. The van der Waals surface area contributed by atoms with Crippen molar-refractivity contribution in [1.82, 2.24) is 10.2 Å². The Hall–Kier alpha value is -4.48. The van der Waals surface area contributed by atoms with Crippen LogP contribution in [0.25, 0.3) is 0 Å². The van der Waals surface area contributed by atoms with Crippen molar-refractivity contribution in [1.29, 1.82) is 0 Å². The molecule has 3 heterocycles. The lowest BCUT2D eigenvalue weighted by Gasteiger charge is -2.36. The molecule has 50 heavy (non-hydrogen) atoms. The first-order chi connectivity index (χ1) is 24.1. The SMILES string of the molecule is C=CCCC(=O)N[C@@H](C)[C@H](OC(=O)[C@@H]1[C@@H]2CC[C@]3(O2)[C@H](C(=O)N(CC=C)c2ccc(N(CC)CC)cc2)N(CCO)C(=O)[C@@H]13)c1ccccc1. The average molecular weight is 687 g/mol. The van der Waals surface area contributed by atoms with E-state index in [2.05, 4.69) is 37.2 Å². The number of benzene rings is 2. The van der Waals surface area contributed by atoms with Crippen LogP contribution in [0.15, 0.2) is 79.9 Å². The number of anilines is 2. The molecule has 7 atom stereocenters. The third-order valence-corrected chi connectivity index (χ3v) is 10.3. The minimum atomic E-state index is -1.27. The van der Waals surface area contributed by atoms with E-state index in [0.29, 0.717) is 30.5 Å². The first kappa shape index (κ1) is 36.8. The molecule has 3 amide bonds. The van der Waals surface area contributed by atoms with Gasteiger partial charge in [0.15, 0.2) is 0 Å². The molecule has 0 saturated carbocycles. The number of likely N-dealkylation sites (tertiary alicyclic amines) is 1. The second-order valence-corrected chi connectivity index (χ2v) is 13.2. The molecule has 2 aromatic carbocycles. The van der Waals surface area contributed by atoms with Gasteiger partial charge in [0.25, 0.3) is 5.91 Å². The summed E-state index contributed by atoms with van der Waals surface area (Å²) in [6.07, 6.45) is 3.46. The van der Waals surface area contributed by atoms with Crippen LogP contribution in [0.1, 0.15) is 58.1 Å². The number of esters is 1.